The highest BCUT2D eigenvalue weighted by Crippen LogP contribution is 2.30. The number of aromatic amines is 1. The van der Waals surface area contributed by atoms with Gasteiger partial charge in [-0.3, -0.25) is 5.10 Å². The van der Waals surface area contributed by atoms with Crippen LogP contribution in [0.1, 0.15) is 42.3 Å². The van der Waals surface area contributed by atoms with Crippen LogP contribution >= 0.6 is 0 Å². The maximum absolute atomic E-state index is 12.4. The van der Waals surface area contributed by atoms with E-state index in [0.29, 0.717) is 6.54 Å². The average Bonchev–Trinajstić information content (AvgIpc) is 3.16. The van der Waals surface area contributed by atoms with Gasteiger partial charge in [0.05, 0.1) is 18.8 Å². The number of piperidine rings is 1. The van der Waals surface area contributed by atoms with Gasteiger partial charge in [0.25, 0.3) is 0 Å². The molecule has 0 unspecified atom stereocenters. The molecule has 0 radical (unpaired) electrons. The number of aromatic nitrogens is 3. The zero-order valence-corrected chi connectivity index (χ0v) is 12.0. The molecule has 2 N–H and O–H groups in total. The fourth-order valence-electron chi connectivity index (χ4n) is 2.72. The summed E-state index contributed by atoms with van der Waals surface area (Å²) < 4.78 is 5.13. The Labute approximate surface area is 122 Å². The molecule has 0 aromatic carbocycles. The van der Waals surface area contributed by atoms with Crippen LogP contribution in [-0.4, -0.2) is 32.7 Å². The summed E-state index contributed by atoms with van der Waals surface area (Å²) in [7, 11) is 0. The first-order valence-corrected chi connectivity index (χ1v) is 7.18. The van der Waals surface area contributed by atoms with Gasteiger partial charge in [-0.1, -0.05) is 0 Å². The number of urea groups is 1. The van der Waals surface area contributed by atoms with Crippen molar-refractivity contribution >= 4 is 6.03 Å². The molecule has 1 fully saturated rings. The molecule has 1 aliphatic rings. The number of aryl methyl sites for hydroxylation is 1. The summed E-state index contributed by atoms with van der Waals surface area (Å²) in [5.74, 6) is 0.736. The highest BCUT2D eigenvalue weighted by molar-refractivity contribution is 5.74. The van der Waals surface area contributed by atoms with Crippen LogP contribution in [-0.2, 0) is 6.54 Å². The second-order valence-corrected chi connectivity index (χ2v) is 5.25. The highest BCUT2D eigenvalue weighted by atomic mass is 16.3. The molecule has 21 heavy (non-hydrogen) atoms. The van der Waals surface area contributed by atoms with Crippen LogP contribution < -0.4 is 5.32 Å². The molecule has 2 aromatic rings. The number of carbonyl (C=O) groups is 1. The lowest BCUT2D eigenvalue weighted by molar-refractivity contribution is 0.151. The van der Waals surface area contributed by atoms with Crippen LogP contribution in [0.4, 0.5) is 4.79 Å². The van der Waals surface area contributed by atoms with Crippen molar-refractivity contribution in [2.24, 2.45) is 0 Å². The van der Waals surface area contributed by atoms with E-state index < -0.39 is 0 Å². The van der Waals surface area contributed by atoms with E-state index in [4.69, 9.17) is 4.42 Å². The molecule has 0 saturated carbocycles. The number of nitrogens with one attached hydrogen (secondary N) is 2. The number of rotatable bonds is 3. The van der Waals surface area contributed by atoms with Gasteiger partial charge in [0.15, 0.2) is 6.39 Å². The molecule has 3 heterocycles. The maximum Gasteiger partial charge on any atom is 0.318 e. The first kappa shape index (κ1) is 13.7. The van der Waals surface area contributed by atoms with Crippen LogP contribution in [0, 0.1) is 6.92 Å². The second-order valence-electron chi connectivity index (χ2n) is 5.25. The van der Waals surface area contributed by atoms with Gasteiger partial charge >= 0.3 is 6.03 Å². The molecular weight excluding hydrogens is 270 g/mol. The molecule has 1 aliphatic heterocycles. The molecule has 7 nitrogen and oxygen atoms in total. The number of likely N-dealkylation sites (tertiary alicyclic amines) is 1. The van der Waals surface area contributed by atoms with E-state index in [1.54, 1.807) is 6.20 Å². The number of oxazole rings is 1. The summed E-state index contributed by atoms with van der Waals surface area (Å²) in [4.78, 5) is 18.4. The summed E-state index contributed by atoms with van der Waals surface area (Å²) in [6.45, 7) is 2.99. The van der Waals surface area contributed by atoms with E-state index in [1.807, 2.05) is 18.0 Å². The van der Waals surface area contributed by atoms with Crippen molar-refractivity contribution in [2.45, 2.75) is 38.8 Å². The van der Waals surface area contributed by atoms with Crippen molar-refractivity contribution < 1.29 is 9.21 Å². The lowest BCUT2D eigenvalue weighted by atomic mass is 9.98. The number of hydrogen-bond acceptors (Lipinski definition) is 4. The normalized spacial score (nSPS) is 18.7. The predicted octanol–water partition coefficient (Wildman–Crippen LogP) is 2.14. The van der Waals surface area contributed by atoms with Gasteiger partial charge < -0.3 is 14.6 Å². The molecule has 1 atom stereocenters. The Kier molecular flexibility index (Phi) is 3.89. The van der Waals surface area contributed by atoms with Crippen LogP contribution in [0.25, 0.3) is 0 Å². The van der Waals surface area contributed by atoms with Gasteiger partial charge in [-0.15, -0.1) is 0 Å². The van der Waals surface area contributed by atoms with Gasteiger partial charge in [0.1, 0.15) is 11.5 Å². The largest absolute Gasteiger partial charge is 0.448 e. The minimum absolute atomic E-state index is 0.0664. The van der Waals surface area contributed by atoms with Gasteiger partial charge in [-0.2, -0.15) is 5.10 Å². The molecular formula is C14H19N5O2. The summed E-state index contributed by atoms with van der Waals surface area (Å²) in [6.07, 6.45) is 8.17. The Morgan fingerprint density at radius 3 is 3.19 bits per heavy atom. The average molecular weight is 289 g/mol. The first-order chi connectivity index (χ1) is 10.3. The van der Waals surface area contributed by atoms with Gasteiger partial charge in [0, 0.05) is 18.3 Å². The zero-order valence-electron chi connectivity index (χ0n) is 12.0. The third-order valence-corrected chi connectivity index (χ3v) is 3.92. The molecule has 0 aliphatic carbocycles. The Hall–Kier alpha value is -2.31. The van der Waals surface area contributed by atoms with Gasteiger partial charge in [0.2, 0.25) is 0 Å². The van der Waals surface area contributed by atoms with Crippen LogP contribution in [0.2, 0.25) is 0 Å². The lowest BCUT2D eigenvalue weighted by Crippen LogP contribution is -2.44. The predicted molar refractivity (Wildman–Crippen MR) is 75.4 cm³/mol. The maximum atomic E-state index is 12.4. The SMILES string of the molecule is Cc1ocnc1CNC(=O)N1CCCC[C@H]1c1cn[nH]c1. The van der Waals surface area contributed by atoms with Gasteiger partial charge in [-0.25, -0.2) is 9.78 Å². The number of hydrogen-bond donors (Lipinski definition) is 2. The van der Waals surface area contributed by atoms with Crippen molar-refractivity contribution in [3.05, 3.63) is 35.8 Å². The monoisotopic (exact) mass is 289 g/mol. The van der Waals surface area contributed by atoms with Crippen molar-refractivity contribution in [3.8, 4) is 0 Å². The molecule has 1 saturated heterocycles. The third kappa shape index (κ3) is 2.91. The second kappa shape index (κ2) is 5.99. The Bertz CT molecular complexity index is 592. The fraction of sp³-hybridized carbons (Fsp3) is 0.500. The third-order valence-electron chi connectivity index (χ3n) is 3.92. The van der Waals surface area contributed by atoms with Gasteiger partial charge in [-0.05, 0) is 26.2 Å². The van der Waals surface area contributed by atoms with Crippen LogP contribution in [0.15, 0.2) is 23.2 Å². The molecule has 7 heteroatoms. The molecule has 3 rings (SSSR count). The number of amides is 2. The lowest BCUT2D eigenvalue weighted by Gasteiger charge is -2.35. The van der Waals surface area contributed by atoms with Crippen molar-refractivity contribution in [3.63, 3.8) is 0 Å². The Balaban J connectivity index is 1.65. The van der Waals surface area contributed by atoms with E-state index in [9.17, 15) is 4.79 Å². The van der Waals surface area contributed by atoms with E-state index in [1.165, 1.54) is 6.39 Å². The van der Waals surface area contributed by atoms with E-state index in [-0.39, 0.29) is 12.1 Å². The number of H-pyrrole nitrogens is 1. The smallest absolute Gasteiger partial charge is 0.318 e. The van der Waals surface area contributed by atoms with Crippen molar-refractivity contribution in [1.82, 2.24) is 25.4 Å². The van der Waals surface area contributed by atoms with Crippen LogP contribution in [0.3, 0.4) is 0 Å². The summed E-state index contributed by atoms with van der Waals surface area (Å²) in [6, 6.07) is 0.0270. The summed E-state index contributed by atoms with van der Waals surface area (Å²) in [5.41, 5.74) is 1.82. The minimum atomic E-state index is -0.0664. The van der Waals surface area contributed by atoms with Crippen molar-refractivity contribution in [1.29, 1.82) is 0 Å². The molecule has 2 aromatic heterocycles. The first-order valence-electron chi connectivity index (χ1n) is 7.18. The number of nitrogens with zero attached hydrogens (tertiary/aromatic N) is 3. The quantitative estimate of drug-likeness (QED) is 0.906. The van der Waals surface area contributed by atoms with Crippen molar-refractivity contribution in [2.75, 3.05) is 6.54 Å². The zero-order chi connectivity index (χ0) is 14.7. The highest BCUT2D eigenvalue weighted by Gasteiger charge is 2.28. The number of carbonyl (C=O) groups excluding carboxylic acids is 1. The molecule has 0 bridgehead atoms. The Morgan fingerprint density at radius 1 is 1.57 bits per heavy atom. The molecule has 0 spiro atoms. The topological polar surface area (TPSA) is 87.1 Å². The molecule has 2 amide bonds. The standard InChI is InChI=1S/C14H19N5O2/c1-10-12(16-9-21-10)8-15-14(20)19-5-3-2-4-13(19)11-6-17-18-7-11/h6-7,9,13H,2-5,8H2,1H3,(H,15,20)(H,17,18)/t13-/m0/s1. The minimum Gasteiger partial charge on any atom is -0.448 e. The fourth-order valence-corrected chi connectivity index (χ4v) is 2.72. The summed E-state index contributed by atoms with van der Waals surface area (Å²) >= 11 is 0. The van der Waals surface area contributed by atoms with Crippen LogP contribution in [0.5, 0.6) is 0 Å². The molecule has 112 valence electrons. The van der Waals surface area contributed by atoms with E-state index >= 15 is 0 Å². The van der Waals surface area contributed by atoms with E-state index in [0.717, 1.165) is 42.8 Å². The van der Waals surface area contributed by atoms with E-state index in [2.05, 4.69) is 20.5 Å². The summed E-state index contributed by atoms with van der Waals surface area (Å²) in [5, 5.41) is 9.72. The Morgan fingerprint density at radius 2 is 2.48 bits per heavy atom.